The van der Waals surface area contributed by atoms with Gasteiger partial charge in [0.25, 0.3) is 11.8 Å². The van der Waals surface area contributed by atoms with Crippen LogP contribution >= 0.6 is 0 Å². The van der Waals surface area contributed by atoms with Crippen molar-refractivity contribution in [2.24, 2.45) is 7.05 Å². The fourth-order valence-electron chi connectivity index (χ4n) is 8.84. The third-order valence-corrected chi connectivity index (χ3v) is 12.4. The summed E-state index contributed by atoms with van der Waals surface area (Å²) in [5, 5.41) is 17.3. The molecule has 2 N–H and O–H groups in total. The van der Waals surface area contributed by atoms with Crippen molar-refractivity contribution >= 4 is 28.3 Å². The maximum atomic E-state index is 13.8. The molecule has 0 radical (unpaired) electrons. The van der Waals surface area contributed by atoms with Crippen LogP contribution in [0.3, 0.4) is 0 Å². The molecule has 8 rings (SSSR count). The molecule has 6 aromatic rings. The van der Waals surface area contributed by atoms with E-state index in [1.165, 1.54) is 42.6 Å². The Morgan fingerprint density at radius 3 is 2.20 bits per heavy atom. The van der Waals surface area contributed by atoms with E-state index in [9.17, 15) is 9.59 Å². The van der Waals surface area contributed by atoms with Crippen LogP contribution in [0.15, 0.2) is 85.2 Å². The molecule has 1 saturated heterocycles. The van der Waals surface area contributed by atoms with Gasteiger partial charge < -0.3 is 29.2 Å². The lowest BCUT2D eigenvalue weighted by Crippen LogP contribution is -2.80. The van der Waals surface area contributed by atoms with Gasteiger partial charge in [-0.25, -0.2) is 0 Å². The minimum absolute atomic E-state index is 0.170. The number of benzene rings is 4. The molecule has 4 aromatic carbocycles. The summed E-state index contributed by atoms with van der Waals surface area (Å²) in [6.07, 6.45) is 14.0. The number of amides is 2. The smallest absolute Gasteiger partial charge is 0.261 e. The largest absolute Gasteiger partial charge is 0.497 e. The van der Waals surface area contributed by atoms with Crippen molar-refractivity contribution in [2.75, 3.05) is 52.0 Å². The maximum absolute atomic E-state index is 13.8. The SMILES string of the molecule is COc1cc(C[NH2+]Cc2ccc(OCCc3cn(CCCCCCCCCC[n+]4cc(CN5C(=O)c6cccc7c(N8CCOCC8)ccc(c67)C5=O)n(C)n4)nn3)cc2)cc(OC)c1. The Hall–Kier alpha value is -6.32. The molecule has 0 bridgehead atoms. The zero-order chi connectivity index (χ0) is 45.0. The van der Waals surface area contributed by atoms with Gasteiger partial charge in [0, 0.05) is 77.0 Å². The van der Waals surface area contributed by atoms with Crippen molar-refractivity contribution in [2.45, 2.75) is 90.5 Å². The lowest BCUT2D eigenvalue weighted by molar-refractivity contribution is -0.755. The van der Waals surface area contributed by atoms with E-state index in [-0.39, 0.29) is 18.4 Å². The summed E-state index contributed by atoms with van der Waals surface area (Å²) >= 11 is 0. The van der Waals surface area contributed by atoms with Crippen molar-refractivity contribution in [1.82, 2.24) is 29.8 Å². The van der Waals surface area contributed by atoms with Gasteiger partial charge in [-0.3, -0.25) is 19.2 Å². The Bertz CT molecular complexity index is 2490. The van der Waals surface area contributed by atoms with Gasteiger partial charge in [-0.15, -0.1) is 14.5 Å². The summed E-state index contributed by atoms with van der Waals surface area (Å²) in [7, 11) is 5.21. The zero-order valence-electron chi connectivity index (χ0n) is 38.1. The molecule has 2 aliphatic rings. The highest BCUT2D eigenvalue weighted by Gasteiger charge is 2.35. The molecule has 4 heterocycles. The average molecular weight is 886 g/mol. The number of morpholine rings is 1. The molecule has 0 atom stereocenters. The maximum Gasteiger partial charge on any atom is 0.261 e. The van der Waals surface area contributed by atoms with Crippen molar-refractivity contribution in [3.8, 4) is 17.2 Å². The van der Waals surface area contributed by atoms with Crippen LogP contribution in [-0.2, 0) is 50.9 Å². The number of ether oxygens (including phenoxy) is 4. The van der Waals surface area contributed by atoms with Gasteiger partial charge in [0.05, 0.1) is 51.5 Å². The van der Waals surface area contributed by atoms with E-state index in [0.717, 1.165) is 109 Å². The first-order chi connectivity index (χ1) is 31.9. The van der Waals surface area contributed by atoms with Crippen molar-refractivity contribution in [1.29, 1.82) is 0 Å². The van der Waals surface area contributed by atoms with E-state index >= 15 is 0 Å². The van der Waals surface area contributed by atoms with Gasteiger partial charge in [-0.2, -0.15) is 0 Å². The van der Waals surface area contributed by atoms with Crippen molar-refractivity contribution < 1.29 is 38.5 Å². The number of methoxy groups -OCH3 is 2. The summed E-state index contributed by atoms with van der Waals surface area (Å²) < 4.78 is 28.0. The monoisotopic (exact) mass is 885 g/mol. The molecule has 15 heteroatoms. The molecular weight excluding hydrogens is 823 g/mol. The molecule has 2 amide bonds. The number of hydrogen-bond acceptors (Lipinski definition) is 10. The van der Waals surface area contributed by atoms with Crippen molar-refractivity contribution in [3.63, 3.8) is 0 Å². The fraction of sp³-hybridized carbons (Fsp3) is 0.440. The Labute approximate surface area is 381 Å². The quantitative estimate of drug-likeness (QED) is 0.0449. The summed E-state index contributed by atoms with van der Waals surface area (Å²) in [5.41, 5.74) is 6.32. The predicted octanol–water partition coefficient (Wildman–Crippen LogP) is 5.81. The summed E-state index contributed by atoms with van der Waals surface area (Å²) in [6, 6.07) is 23.9. The normalized spacial score (nSPS) is 13.8. The second kappa shape index (κ2) is 22.0. The van der Waals surface area contributed by atoms with Gasteiger partial charge in [-0.1, -0.05) is 49.5 Å². The fourth-order valence-corrected chi connectivity index (χ4v) is 8.84. The summed E-state index contributed by atoms with van der Waals surface area (Å²) in [5.74, 6) is 1.92. The molecule has 65 heavy (non-hydrogen) atoms. The van der Waals surface area contributed by atoms with Crippen LogP contribution in [0.5, 0.6) is 17.2 Å². The highest BCUT2D eigenvalue weighted by molar-refractivity contribution is 6.26. The van der Waals surface area contributed by atoms with E-state index in [0.29, 0.717) is 37.4 Å². The van der Waals surface area contributed by atoms with Gasteiger partial charge >= 0.3 is 0 Å². The number of unbranched alkanes of at least 4 members (excludes halogenated alkanes) is 7. The van der Waals surface area contributed by atoms with Crippen LogP contribution in [0.1, 0.15) is 94.6 Å². The first-order valence-electron chi connectivity index (χ1n) is 23.2. The number of imide groups is 1. The average Bonchev–Trinajstić information content (AvgIpc) is 3.95. The molecule has 15 nitrogen and oxygen atoms in total. The molecule has 2 aliphatic heterocycles. The Balaban J connectivity index is 0.673. The standard InChI is InChI=1S/C50H62N9O6/c1-55-40(36-59-49(60)45-14-12-13-44-47(56-24-27-64-28-25-56)20-19-46(48(44)45)50(59)61)35-58(54-55)23-11-9-7-5-4-6-8-10-22-57-34-39(52-53-57)21-26-65-41-17-15-37(16-18-41)32-51-33-38-29-42(62-2)31-43(30-38)63-3/h12-20,29-31,34-35,51H,4-11,21-28,32-33,36H2,1-3H3/q+1/p+1. The zero-order valence-corrected chi connectivity index (χ0v) is 38.1. The summed E-state index contributed by atoms with van der Waals surface area (Å²) in [4.78, 5) is 31.2. The molecule has 0 aliphatic carbocycles. The second-order valence-electron chi connectivity index (χ2n) is 17.0. The van der Waals surface area contributed by atoms with Crippen LogP contribution in [0.4, 0.5) is 5.69 Å². The number of anilines is 1. The predicted molar refractivity (Wildman–Crippen MR) is 246 cm³/mol. The molecular formula is C50H63N9O6+2. The van der Waals surface area contributed by atoms with Crippen LogP contribution in [-0.4, -0.2) is 88.7 Å². The van der Waals surface area contributed by atoms with E-state index < -0.39 is 0 Å². The topological polar surface area (TPSA) is 147 Å². The number of quaternary nitrogens is 1. The third kappa shape index (κ3) is 11.5. The number of rotatable bonds is 24. The molecule has 0 spiro atoms. The van der Waals surface area contributed by atoms with Crippen LogP contribution < -0.4 is 29.1 Å². The Morgan fingerprint density at radius 1 is 0.769 bits per heavy atom. The lowest BCUT2D eigenvalue weighted by Gasteiger charge is -2.32. The van der Waals surface area contributed by atoms with Gasteiger partial charge in [0.15, 0.2) is 11.9 Å². The first-order valence-corrected chi connectivity index (χ1v) is 23.2. The number of aromatic nitrogens is 6. The van der Waals surface area contributed by atoms with Crippen LogP contribution in [0.2, 0.25) is 0 Å². The molecule has 2 aromatic heterocycles. The lowest BCUT2D eigenvalue weighted by atomic mass is 9.92. The number of hydrogen-bond donors (Lipinski definition) is 1. The second-order valence-corrected chi connectivity index (χ2v) is 17.0. The number of nitrogens with zero attached hydrogens (tertiary/aromatic N) is 8. The number of nitrogens with two attached hydrogens (primary N) is 1. The van der Waals surface area contributed by atoms with Gasteiger partial charge in [0.1, 0.15) is 43.9 Å². The van der Waals surface area contributed by atoms with E-state index in [2.05, 4.69) is 37.9 Å². The van der Waals surface area contributed by atoms with E-state index in [4.69, 9.17) is 18.9 Å². The highest BCUT2D eigenvalue weighted by atomic mass is 16.5. The van der Waals surface area contributed by atoms with E-state index in [1.807, 2.05) is 89.5 Å². The molecule has 0 unspecified atom stereocenters. The molecule has 1 fully saturated rings. The Kier molecular flexibility index (Phi) is 15.3. The molecule has 0 saturated carbocycles. The number of aryl methyl sites for hydroxylation is 3. The Morgan fingerprint density at radius 2 is 1.46 bits per heavy atom. The van der Waals surface area contributed by atoms with E-state index in [1.54, 1.807) is 18.9 Å². The van der Waals surface area contributed by atoms with Gasteiger partial charge in [0.2, 0.25) is 0 Å². The minimum Gasteiger partial charge on any atom is -0.497 e. The van der Waals surface area contributed by atoms with Crippen LogP contribution in [0.25, 0.3) is 10.8 Å². The highest BCUT2D eigenvalue weighted by Crippen LogP contribution is 2.36. The number of carbonyl (C=O) groups is 2. The van der Waals surface area contributed by atoms with Crippen molar-refractivity contribution in [3.05, 3.63) is 119 Å². The minimum atomic E-state index is -0.265. The first kappa shape index (κ1) is 45.3. The molecule has 342 valence electrons. The third-order valence-electron chi connectivity index (χ3n) is 12.4. The number of carbonyl (C=O) groups excluding carboxylic acids is 2. The summed E-state index contributed by atoms with van der Waals surface area (Å²) in [6.45, 7) is 6.98. The van der Waals surface area contributed by atoms with Gasteiger partial charge in [-0.05, 0) is 73.9 Å². The van der Waals surface area contributed by atoms with Crippen LogP contribution in [0, 0.1) is 0 Å².